The SMILES string of the molecule is NC(=O)CN(CCN1CCNCC1)CC(N)=O. The first kappa shape index (κ1) is 13.9. The van der Waals surface area contributed by atoms with Gasteiger partial charge in [0.05, 0.1) is 13.1 Å². The van der Waals surface area contributed by atoms with Crippen molar-refractivity contribution >= 4 is 11.8 Å². The van der Waals surface area contributed by atoms with Crippen LogP contribution in [0.15, 0.2) is 0 Å². The second kappa shape index (κ2) is 7.21. The lowest BCUT2D eigenvalue weighted by Gasteiger charge is -2.29. The highest BCUT2D eigenvalue weighted by molar-refractivity contribution is 5.79. The van der Waals surface area contributed by atoms with Crippen LogP contribution in [0.25, 0.3) is 0 Å². The zero-order chi connectivity index (χ0) is 12.7. The maximum absolute atomic E-state index is 10.8. The molecular weight excluding hydrogens is 222 g/mol. The highest BCUT2D eigenvalue weighted by atomic mass is 16.2. The largest absolute Gasteiger partial charge is 0.369 e. The number of carbonyl (C=O) groups is 2. The van der Waals surface area contributed by atoms with Gasteiger partial charge in [-0.25, -0.2) is 0 Å². The molecule has 0 radical (unpaired) electrons. The Labute approximate surface area is 101 Å². The van der Waals surface area contributed by atoms with E-state index < -0.39 is 11.8 Å². The number of nitrogens with two attached hydrogens (primary N) is 2. The van der Waals surface area contributed by atoms with Crippen LogP contribution in [0.1, 0.15) is 0 Å². The van der Waals surface area contributed by atoms with Crippen molar-refractivity contribution in [2.75, 3.05) is 52.4 Å². The molecule has 98 valence electrons. The van der Waals surface area contributed by atoms with Crippen molar-refractivity contribution in [3.8, 4) is 0 Å². The van der Waals surface area contributed by atoms with E-state index in [4.69, 9.17) is 11.5 Å². The van der Waals surface area contributed by atoms with Gasteiger partial charge in [0, 0.05) is 39.3 Å². The first-order valence-corrected chi connectivity index (χ1v) is 5.80. The van der Waals surface area contributed by atoms with Crippen LogP contribution >= 0.6 is 0 Å². The monoisotopic (exact) mass is 243 g/mol. The summed E-state index contributed by atoms with van der Waals surface area (Å²) in [7, 11) is 0. The molecule has 0 aromatic heterocycles. The molecule has 5 N–H and O–H groups in total. The van der Waals surface area contributed by atoms with Crippen LogP contribution in [0.4, 0.5) is 0 Å². The molecule has 0 aromatic rings. The molecule has 0 bridgehead atoms. The number of rotatable bonds is 7. The quantitative estimate of drug-likeness (QED) is 0.447. The van der Waals surface area contributed by atoms with E-state index in [1.165, 1.54) is 0 Å². The van der Waals surface area contributed by atoms with Gasteiger partial charge in [-0.1, -0.05) is 0 Å². The van der Waals surface area contributed by atoms with Crippen LogP contribution in [0.3, 0.4) is 0 Å². The normalized spacial score (nSPS) is 17.2. The molecule has 0 aromatic carbocycles. The van der Waals surface area contributed by atoms with E-state index in [9.17, 15) is 9.59 Å². The Morgan fingerprint density at radius 1 is 1.12 bits per heavy atom. The highest BCUT2D eigenvalue weighted by Crippen LogP contribution is 1.94. The third-order valence-corrected chi connectivity index (χ3v) is 2.70. The van der Waals surface area contributed by atoms with E-state index in [0.29, 0.717) is 6.54 Å². The topological polar surface area (TPSA) is 105 Å². The summed E-state index contributed by atoms with van der Waals surface area (Å²) in [5.41, 5.74) is 10.2. The number of carbonyl (C=O) groups excluding carboxylic acids is 2. The number of nitrogens with zero attached hydrogens (tertiary/aromatic N) is 2. The minimum atomic E-state index is -0.438. The molecule has 0 atom stereocenters. The third kappa shape index (κ3) is 6.20. The number of primary amides is 2. The summed E-state index contributed by atoms with van der Waals surface area (Å²) < 4.78 is 0. The van der Waals surface area contributed by atoms with E-state index in [1.54, 1.807) is 4.90 Å². The molecule has 7 nitrogen and oxygen atoms in total. The van der Waals surface area contributed by atoms with Gasteiger partial charge in [-0.3, -0.25) is 19.4 Å². The molecule has 1 aliphatic heterocycles. The zero-order valence-electron chi connectivity index (χ0n) is 10.0. The molecule has 1 rings (SSSR count). The van der Waals surface area contributed by atoms with Crippen molar-refractivity contribution in [3.63, 3.8) is 0 Å². The van der Waals surface area contributed by atoms with Crippen LogP contribution in [-0.4, -0.2) is 74.0 Å². The van der Waals surface area contributed by atoms with Gasteiger partial charge in [0.1, 0.15) is 0 Å². The van der Waals surface area contributed by atoms with E-state index in [2.05, 4.69) is 10.2 Å². The standard InChI is InChI=1S/C10H21N5O2/c11-9(16)7-15(8-10(12)17)6-5-14-3-1-13-2-4-14/h13H,1-8H2,(H2,11,16)(H2,12,17). The predicted octanol–water partition coefficient (Wildman–Crippen LogP) is -2.84. The molecule has 1 fully saturated rings. The van der Waals surface area contributed by atoms with Crippen molar-refractivity contribution in [2.24, 2.45) is 11.5 Å². The van der Waals surface area contributed by atoms with Crippen LogP contribution in [0.5, 0.6) is 0 Å². The lowest BCUT2D eigenvalue weighted by molar-refractivity contribution is -0.122. The highest BCUT2D eigenvalue weighted by Gasteiger charge is 2.14. The van der Waals surface area contributed by atoms with Gasteiger partial charge in [0.2, 0.25) is 11.8 Å². The summed E-state index contributed by atoms with van der Waals surface area (Å²) in [5.74, 6) is -0.877. The Morgan fingerprint density at radius 2 is 1.65 bits per heavy atom. The Kier molecular flexibility index (Phi) is 5.88. The number of amides is 2. The summed E-state index contributed by atoms with van der Waals surface area (Å²) in [6.07, 6.45) is 0. The summed E-state index contributed by atoms with van der Waals surface area (Å²) in [5, 5.41) is 3.26. The van der Waals surface area contributed by atoms with Crippen LogP contribution in [0.2, 0.25) is 0 Å². The average molecular weight is 243 g/mol. The average Bonchev–Trinajstić information content (AvgIpc) is 2.26. The lowest BCUT2D eigenvalue weighted by Crippen LogP contribution is -2.48. The molecular formula is C10H21N5O2. The molecule has 1 heterocycles. The maximum Gasteiger partial charge on any atom is 0.231 e. The summed E-state index contributed by atoms with van der Waals surface area (Å²) >= 11 is 0. The van der Waals surface area contributed by atoms with Crippen molar-refractivity contribution in [1.82, 2.24) is 15.1 Å². The Balaban J connectivity index is 2.31. The van der Waals surface area contributed by atoms with E-state index in [-0.39, 0.29) is 13.1 Å². The molecule has 2 amide bonds. The third-order valence-electron chi connectivity index (χ3n) is 2.70. The summed E-state index contributed by atoms with van der Waals surface area (Å²) in [6, 6.07) is 0. The Morgan fingerprint density at radius 3 is 2.12 bits per heavy atom. The Bertz CT molecular complexity index is 249. The number of hydrogen-bond acceptors (Lipinski definition) is 5. The summed E-state index contributed by atoms with van der Waals surface area (Å²) in [4.78, 5) is 25.7. The van der Waals surface area contributed by atoms with E-state index >= 15 is 0 Å². The maximum atomic E-state index is 10.8. The minimum Gasteiger partial charge on any atom is -0.369 e. The predicted molar refractivity (Wildman–Crippen MR) is 64.1 cm³/mol. The zero-order valence-corrected chi connectivity index (χ0v) is 10.0. The molecule has 17 heavy (non-hydrogen) atoms. The van der Waals surface area contributed by atoms with Gasteiger partial charge in [-0.2, -0.15) is 0 Å². The lowest BCUT2D eigenvalue weighted by atomic mass is 10.3. The van der Waals surface area contributed by atoms with Gasteiger partial charge in [-0.05, 0) is 0 Å². The van der Waals surface area contributed by atoms with Gasteiger partial charge in [-0.15, -0.1) is 0 Å². The van der Waals surface area contributed by atoms with Gasteiger partial charge in [0.25, 0.3) is 0 Å². The Hall–Kier alpha value is -1.18. The fraction of sp³-hybridized carbons (Fsp3) is 0.800. The van der Waals surface area contributed by atoms with Crippen molar-refractivity contribution in [1.29, 1.82) is 0 Å². The smallest absolute Gasteiger partial charge is 0.231 e. The number of hydrogen-bond donors (Lipinski definition) is 3. The molecule has 7 heteroatoms. The molecule has 0 aliphatic carbocycles. The fourth-order valence-corrected chi connectivity index (χ4v) is 1.87. The first-order chi connectivity index (χ1) is 8.08. The fourth-order valence-electron chi connectivity index (χ4n) is 1.87. The van der Waals surface area contributed by atoms with Crippen LogP contribution in [-0.2, 0) is 9.59 Å². The summed E-state index contributed by atoms with van der Waals surface area (Å²) in [6.45, 7) is 5.54. The second-order valence-corrected chi connectivity index (χ2v) is 4.23. The molecule has 0 saturated carbocycles. The first-order valence-electron chi connectivity index (χ1n) is 5.80. The van der Waals surface area contributed by atoms with Gasteiger partial charge < -0.3 is 16.8 Å². The molecule has 1 aliphatic rings. The van der Waals surface area contributed by atoms with E-state index in [1.807, 2.05) is 0 Å². The molecule has 1 saturated heterocycles. The number of nitrogens with one attached hydrogen (secondary N) is 1. The van der Waals surface area contributed by atoms with Crippen LogP contribution < -0.4 is 16.8 Å². The van der Waals surface area contributed by atoms with Crippen molar-refractivity contribution in [3.05, 3.63) is 0 Å². The van der Waals surface area contributed by atoms with Crippen molar-refractivity contribution in [2.45, 2.75) is 0 Å². The molecule has 0 spiro atoms. The van der Waals surface area contributed by atoms with Crippen LogP contribution in [0, 0.1) is 0 Å². The number of piperazine rings is 1. The van der Waals surface area contributed by atoms with E-state index in [0.717, 1.165) is 32.7 Å². The van der Waals surface area contributed by atoms with Gasteiger partial charge in [0.15, 0.2) is 0 Å². The van der Waals surface area contributed by atoms with Crippen molar-refractivity contribution < 1.29 is 9.59 Å². The molecule has 0 unspecified atom stereocenters. The minimum absolute atomic E-state index is 0.0784. The second-order valence-electron chi connectivity index (χ2n) is 4.23. The van der Waals surface area contributed by atoms with Gasteiger partial charge >= 0.3 is 0 Å².